The maximum Gasteiger partial charge on any atom is 1.00 e. The molecule has 0 saturated heterocycles. The molecule has 0 rings (SSSR count). The van der Waals surface area contributed by atoms with E-state index in [1.54, 1.807) is 6.92 Å². The Labute approximate surface area is 121 Å². The number of carboxylic acid groups (broad SMARTS) is 3. The van der Waals surface area contributed by atoms with Gasteiger partial charge in [-0.15, -0.1) is 0 Å². The quantitative estimate of drug-likeness (QED) is 0.313. The molecule has 17 heavy (non-hydrogen) atoms. The fraction of sp³-hybridized carbons (Fsp3) is 0.625. The summed E-state index contributed by atoms with van der Waals surface area (Å²) < 4.78 is 0. The fourth-order valence-corrected chi connectivity index (χ4v) is 0.714. The number of hydrogen-bond acceptors (Lipinski definition) is 5. The van der Waals surface area contributed by atoms with Crippen LogP contribution in [0.15, 0.2) is 0 Å². The van der Waals surface area contributed by atoms with Crippen LogP contribution in [0.3, 0.4) is 0 Å². The van der Waals surface area contributed by atoms with Crippen LogP contribution in [-0.2, 0) is 14.4 Å². The van der Waals surface area contributed by atoms with Crippen LogP contribution in [0.4, 0.5) is 0 Å². The molecule has 8 nitrogen and oxygen atoms in total. The predicted molar refractivity (Wildman–Crippen MR) is 51.0 cm³/mol. The van der Waals surface area contributed by atoms with Crippen molar-refractivity contribution in [1.82, 2.24) is 0 Å². The monoisotopic (exact) mass is 262 g/mol. The Hall–Kier alpha value is -0.670. The first-order valence-corrected chi connectivity index (χ1v) is 4.19. The third-order valence-corrected chi connectivity index (χ3v) is 1.29. The summed E-state index contributed by atoms with van der Waals surface area (Å²) in [5.41, 5.74) is -2.74. The van der Waals surface area contributed by atoms with Crippen LogP contribution in [0.1, 0.15) is 21.2 Å². The van der Waals surface area contributed by atoms with Crippen molar-refractivity contribution in [3.8, 4) is 0 Å². The first-order valence-electron chi connectivity index (χ1n) is 4.19. The standard InChI is InChI=1S/C6H8O7.C2H6O.Na.H/c7-3(8)1-6(13,5(11)12)2-4(9)10;1-2-3;;/h13H,1-2H2,(H,7,8)(H,9,10)(H,11,12);3H,2H2,1H3;;/q;;+1;-1. The molecular weight excluding hydrogens is 247 g/mol. The van der Waals surface area contributed by atoms with Crippen LogP contribution < -0.4 is 29.6 Å². The van der Waals surface area contributed by atoms with Crippen LogP contribution in [0, 0.1) is 0 Å². The summed E-state index contributed by atoms with van der Waals surface area (Å²) in [6, 6.07) is 0. The maximum absolute atomic E-state index is 10.3. The van der Waals surface area contributed by atoms with Crippen molar-refractivity contribution in [1.29, 1.82) is 0 Å². The molecule has 0 bridgehead atoms. The van der Waals surface area contributed by atoms with Gasteiger partial charge in [-0.05, 0) is 6.92 Å². The average Bonchev–Trinajstić information content (AvgIpc) is 2.01. The van der Waals surface area contributed by atoms with Crippen LogP contribution >= 0.6 is 0 Å². The molecule has 0 amide bonds. The van der Waals surface area contributed by atoms with Gasteiger partial charge in [-0.1, -0.05) is 0 Å². The van der Waals surface area contributed by atoms with Crippen LogP contribution in [0.25, 0.3) is 0 Å². The summed E-state index contributed by atoms with van der Waals surface area (Å²) in [5, 5.41) is 41.4. The molecule has 0 spiro atoms. The summed E-state index contributed by atoms with van der Waals surface area (Å²) in [6.45, 7) is 1.93. The van der Waals surface area contributed by atoms with Crippen molar-refractivity contribution < 1.29 is 70.9 Å². The number of aliphatic carboxylic acids is 3. The summed E-state index contributed by atoms with van der Waals surface area (Å²) >= 11 is 0. The van der Waals surface area contributed by atoms with Crippen LogP contribution in [0.2, 0.25) is 0 Å². The van der Waals surface area contributed by atoms with E-state index < -0.39 is 36.4 Å². The van der Waals surface area contributed by atoms with E-state index in [1.807, 2.05) is 0 Å². The first-order chi connectivity index (χ1) is 7.19. The molecule has 5 N–H and O–H groups in total. The minimum Gasteiger partial charge on any atom is -1.00 e. The molecule has 0 fully saturated rings. The molecule has 0 aliphatic carbocycles. The third kappa shape index (κ3) is 11.6. The molecule has 9 heteroatoms. The Morgan fingerprint density at radius 1 is 1.06 bits per heavy atom. The van der Waals surface area contributed by atoms with Crippen LogP contribution in [-0.4, -0.2) is 55.6 Å². The molecular formula is C8H15NaO8. The molecule has 0 saturated carbocycles. The number of rotatable bonds is 5. The molecule has 0 aliphatic rings. The second-order valence-electron chi connectivity index (χ2n) is 2.79. The van der Waals surface area contributed by atoms with Crippen molar-refractivity contribution in [3.63, 3.8) is 0 Å². The number of aliphatic hydroxyl groups excluding tert-OH is 1. The summed E-state index contributed by atoms with van der Waals surface area (Å²) in [6.07, 6.45) is -2.29. The van der Waals surface area contributed by atoms with E-state index in [0.29, 0.717) is 0 Å². The Bertz CT molecular complexity index is 254. The largest absolute Gasteiger partial charge is 1.00 e. The van der Waals surface area contributed by atoms with Gasteiger partial charge < -0.3 is 27.0 Å². The summed E-state index contributed by atoms with van der Waals surface area (Å²) in [5.74, 6) is -5.02. The first kappa shape index (κ1) is 21.6. The smallest absolute Gasteiger partial charge is 1.00 e. The van der Waals surface area contributed by atoms with Crippen molar-refractivity contribution >= 4 is 17.9 Å². The minimum atomic E-state index is -2.74. The van der Waals surface area contributed by atoms with E-state index in [0.717, 1.165) is 0 Å². The topological polar surface area (TPSA) is 152 Å². The van der Waals surface area contributed by atoms with Gasteiger partial charge in [-0.25, -0.2) is 4.79 Å². The van der Waals surface area contributed by atoms with E-state index in [9.17, 15) is 14.4 Å². The molecule has 0 aliphatic heterocycles. The van der Waals surface area contributed by atoms with E-state index in [4.69, 9.17) is 25.5 Å². The number of carboxylic acids is 3. The average molecular weight is 262 g/mol. The predicted octanol–water partition coefficient (Wildman–Crippen LogP) is -4.13. The molecule has 0 unspecified atom stereocenters. The van der Waals surface area contributed by atoms with Gasteiger partial charge >= 0.3 is 47.5 Å². The zero-order valence-corrected chi connectivity index (χ0v) is 11.6. The van der Waals surface area contributed by atoms with Gasteiger partial charge in [0.05, 0.1) is 12.8 Å². The van der Waals surface area contributed by atoms with Gasteiger partial charge in [0.25, 0.3) is 0 Å². The minimum absolute atomic E-state index is 0. The van der Waals surface area contributed by atoms with Crippen molar-refractivity contribution in [2.24, 2.45) is 0 Å². The van der Waals surface area contributed by atoms with Gasteiger partial charge in [-0.2, -0.15) is 0 Å². The van der Waals surface area contributed by atoms with E-state index >= 15 is 0 Å². The van der Waals surface area contributed by atoms with Gasteiger partial charge in [0.15, 0.2) is 5.60 Å². The molecule has 0 aromatic carbocycles. The van der Waals surface area contributed by atoms with Gasteiger partial charge in [0.1, 0.15) is 0 Å². The SMILES string of the molecule is CCO.O=C(O)CC(O)(CC(=O)O)C(=O)O.[H-].[Na+]. The third-order valence-electron chi connectivity index (χ3n) is 1.29. The Morgan fingerprint density at radius 3 is 1.41 bits per heavy atom. The van der Waals surface area contributed by atoms with Gasteiger partial charge in [0, 0.05) is 6.61 Å². The van der Waals surface area contributed by atoms with Gasteiger partial charge in [0.2, 0.25) is 0 Å². The number of aliphatic hydroxyl groups is 2. The Balaban J connectivity index is -0.000000177. The number of carbonyl (C=O) groups is 3. The second-order valence-corrected chi connectivity index (χ2v) is 2.79. The van der Waals surface area contributed by atoms with Crippen molar-refractivity contribution in [2.75, 3.05) is 6.61 Å². The maximum atomic E-state index is 10.3. The van der Waals surface area contributed by atoms with Gasteiger partial charge in [-0.3, -0.25) is 9.59 Å². The van der Waals surface area contributed by atoms with E-state index in [2.05, 4.69) is 0 Å². The molecule has 96 valence electrons. The molecule has 0 atom stereocenters. The molecule has 0 aromatic heterocycles. The zero-order chi connectivity index (χ0) is 13.4. The molecule has 0 heterocycles. The normalized spacial score (nSPS) is 9.35. The van der Waals surface area contributed by atoms with Crippen molar-refractivity contribution in [2.45, 2.75) is 25.4 Å². The zero-order valence-electron chi connectivity index (χ0n) is 10.6. The fourth-order valence-electron chi connectivity index (χ4n) is 0.714. The second kappa shape index (κ2) is 10.5. The number of hydrogen-bond donors (Lipinski definition) is 5. The summed E-state index contributed by atoms with van der Waals surface area (Å²) in [4.78, 5) is 30.5. The van der Waals surface area contributed by atoms with E-state index in [1.165, 1.54) is 0 Å². The van der Waals surface area contributed by atoms with Crippen molar-refractivity contribution in [3.05, 3.63) is 0 Å². The molecule has 0 radical (unpaired) electrons. The van der Waals surface area contributed by atoms with Crippen LogP contribution in [0.5, 0.6) is 0 Å². The van der Waals surface area contributed by atoms with E-state index in [-0.39, 0.29) is 37.6 Å². The Kier molecular flexibility index (Phi) is 13.3. The summed E-state index contributed by atoms with van der Waals surface area (Å²) in [7, 11) is 0. The Morgan fingerprint density at radius 2 is 1.29 bits per heavy atom. The molecule has 0 aromatic rings.